The van der Waals surface area contributed by atoms with Crippen LogP contribution in [0, 0.1) is 6.92 Å². The molecular formula is C19H15ClF2N2O4. The second-order valence-electron chi connectivity index (χ2n) is 6.13. The van der Waals surface area contributed by atoms with Gasteiger partial charge in [0.25, 0.3) is 11.8 Å². The standard InChI is InChI=1S/C19H15ClF2N2O4/c1-10-2-4-12-13(8-10)18(27)24(17(12)26)7-6-16(25)23-11-3-5-15(14(20)9-11)28-19(21)22/h2-5,8-9,19H,6-7H2,1H3,(H,23,25). The highest BCUT2D eigenvalue weighted by Crippen LogP contribution is 2.29. The molecular weight excluding hydrogens is 394 g/mol. The van der Waals surface area contributed by atoms with Crippen molar-refractivity contribution in [3.05, 3.63) is 58.1 Å². The Labute approximate surface area is 164 Å². The van der Waals surface area contributed by atoms with Crippen molar-refractivity contribution in [2.75, 3.05) is 11.9 Å². The minimum atomic E-state index is -3.01. The first-order valence-electron chi connectivity index (χ1n) is 8.27. The topological polar surface area (TPSA) is 75.7 Å². The quantitative estimate of drug-likeness (QED) is 0.736. The number of hydrogen-bond donors (Lipinski definition) is 1. The third kappa shape index (κ3) is 4.12. The summed E-state index contributed by atoms with van der Waals surface area (Å²) in [6.45, 7) is -1.28. The number of aryl methyl sites for hydroxylation is 1. The van der Waals surface area contributed by atoms with Crippen molar-refractivity contribution in [3.63, 3.8) is 0 Å². The molecule has 0 aliphatic carbocycles. The molecule has 2 aromatic rings. The first kappa shape index (κ1) is 19.8. The highest BCUT2D eigenvalue weighted by atomic mass is 35.5. The van der Waals surface area contributed by atoms with Gasteiger partial charge in [0.05, 0.1) is 16.1 Å². The second kappa shape index (κ2) is 7.93. The highest BCUT2D eigenvalue weighted by molar-refractivity contribution is 6.32. The molecule has 9 heteroatoms. The van der Waals surface area contributed by atoms with Crippen molar-refractivity contribution < 1.29 is 27.9 Å². The van der Waals surface area contributed by atoms with E-state index >= 15 is 0 Å². The van der Waals surface area contributed by atoms with Crippen molar-refractivity contribution in [1.29, 1.82) is 0 Å². The Kier molecular flexibility index (Phi) is 5.60. The van der Waals surface area contributed by atoms with E-state index in [0.717, 1.165) is 10.5 Å². The van der Waals surface area contributed by atoms with Crippen molar-refractivity contribution in [3.8, 4) is 5.75 Å². The van der Waals surface area contributed by atoms with Gasteiger partial charge in [-0.05, 0) is 37.3 Å². The molecule has 3 amide bonds. The Hall–Kier alpha value is -3.00. The summed E-state index contributed by atoms with van der Waals surface area (Å²) in [7, 11) is 0. The van der Waals surface area contributed by atoms with E-state index in [1.165, 1.54) is 18.2 Å². The molecule has 3 rings (SSSR count). The van der Waals surface area contributed by atoms with Crippen molar-refractivity contribution >= 4 is 35.0 Å². The number of alkyl halides is 2. The number of amides is 3. The van der Waals surface area contributed by atoms with Gasteiger partial charge in [-0.3, -0.25) is 19.3 Å². The van der Waals surface area contributed by atoms with Gasteiger partial charge >= 0.3 is 6.61 Å². The van der Waals surface area contributed by atoms with Gasteiger partial charge in [-0.1, -0.05) is 23.2 Å². The van der Waals surface area contributed by atoms with E-state index in [1.807, 2.05) is 6.92 Å². The van der Waals surface area contributed by atoms with Crippen LogP contribution in [0.1, 0.15) is 32.7 Å². The van der Waals surface area contributed by atoms with Crippen LogP contribution in [-0.2, 0) is 4.79 Å². The van der Waals surface area contributed by atoms with E-state index in [1.54, 1.807) is 18.2 Å². The summed E-state index contributed by atoms with van der Waals surface area (Å²) in [5.74, 6) is -1.56. The van der Waals surface area contributed by atoms with E-state index in [-0.39, 0.29) is 29.4 Å². The molecule has 0 unspecified atom stereocenters. The number of nitrogens with one attached hydrogen (secondary N) is 1. The van der Waals surface area contributed by atoms with E-state index in [2.05, 4.69) is 10.1 Å². The maximum Gasteiger partial charge on any atom is 0.387 e. The zero-order valence-electron chi connectivity index (χ0n) is 14.7. The predicted octanol–water partition coefficient (Wildman–Crippen LogP) is 3.87. The van der Waals surface area contributed by atoms with Gasteiger partial charge in [-0.2, -0.15) is 8.78 Å². The lowest BCUT2D eigenvalue weighted by molar-refractivity contribution is -0.116. The van der Waals surface area contributed by atoms with Crippen LogP contribution in [-0.4, -0.2) is 35.8 Å². The second-order valence-corrected chi connectivity index (χ2v) is 6.54. The number of fused-ring (bicyclic) bond motifs is 1. The number of ether oxygens (including phenoxy) is 1. The van der Waals surface area contributed by atoms with E-state index in [9.17, 15) is 23.2 Å². The van der Waals surface area contributed by atoms with Gasteiger partial charge in [0.2, 0.25) is 5.91 Å². The number of nitrogens with zero attached hydrogens (tertiary/aromatic N) is 1. The minimum Gasteiger partial charge on any atom is -0.433 e. The summed E-state index contributed by atoms with van der Waals surface area (Å²) in [6.07, 6.45) is -0.128. The first-order chi connectivity index (χ1) is 13.3. The van der Waals surface area contributed by atoms with Crippen LogP contribution in [0.4, 0.5) is 14.5 Å². The Morgan fingerprint density at radius 1 is 1.14 bits per heavy atom. The summed E-state index contributed by atoms with van der Waals surface area (Å²) in [6, 6.07) is 8.80. The highest BCUT2D eigenvalue weighted by Gasteiger charge is 2.35. The van der Waals surface area contributed by atoms with Crippen LogP contribution in [0.15, 0.2) is 36.4 Å². The summed E-state index contributed by atoms with van der Waals surface area (Å²) in [5.41, 5.74) is 1.77. The summed E-state index contributed by atoms with van der Waals surface area (Å²) in [4.78, 5) is 37.9. The first-order valence-corrected chi connectivity index (χ1v) is 8.65. The molecule has 28 heavy (non-hydrogen) atoms. The lowest BCUT2D eigenvalue weighted by Crippen LogP contribution is -2.32. The average Bonchev–Trinajstić information content (AvgIpc) is 2.85. The molecule has 146 valence electrons. The molecule has 0 spiro atoms. The fourth-order valence-electron chi connectivity index (χ4n) is 2.81. The lowest BCUT2D eigenvalue weighted by Gasteiger charge is -2.14. The third-order valence-electron chi connectivity index (χ3n) is 4.12. The summed E-state index contributed by atoms with van der Waals surface area (Å²) >= 11 is 5.83. The molecule has 0 fully saturated rings. The number of rotatable bonds is 6. The van der Waals surface area contributed by atoms with E-state index < -0.39 is 24.3 Å². The van der Waals surface area contributed by atoms with Gasteiger partial charge < -0.3 is 10.1 Å². The van der Waals surface area contributed by atoms with Crippen molar-refractivity contribution in [1.82, 2.24) is 4.90 Å². The molecule has 6 nitrogen and oxygen atoms in total. The fourth-order valence-corrected chi connectivity index (χ4v) is 3.04. The summed E-state index contributed by atoms with van der Waals surface area (Å²) in [5, 5.41) is 2.44. The number of hydrogen-bond acceptors (Lipinski definition) is 4. The smallest absolute Gasteiger partial charge is 0.387 e. The van der Waals surface area contributed by atoms with Crippen LogP contribution < -0.4 is 10.1 Å². The number of carbonyl (C=O) groups excluding carboxylic acids is 3. The van der Waals surface area contributed by atoms with Crippen LogP contribution in [0.25, 0.3) is 0 Å². The predicted molar refractivity (Wildman–Crippen MR) is 97.9 cm³/mol. The molecule has 0 radical (unpaired) electrons. The van der Waals surface area contributed by atoms with Gasteiger partial charge in [-0.15, -0.1) is 0 Å². The molecule has 0 saturated carbocycles. The Morgan fingerprint density at radius 2 is 1.86 bits per heavy atom. The maximum atomic E-state index is 12.4. The summed E-state index contributed by atoms with van der Waals surface area (Å²) < 4.78 is 28.7. The fraction of sp³-hybridized carbons (Fsp3) is 0.211. The number of imide groups is 1. The Bertz CT molecular complexity index is 965. The van der Waals surface area contributed by atoms with Gasteiger partial charge in [-0.25, -0.2) is 0 Å². The van der Waals surface area contributed by atoms with Crippen molar-refractivity contribution in [2.24, 2.45) is 0 Å². The molecule has 0 saturated heterocycles. The molecule has 1 aliphatic rings. The van der Waals surface area contributed by atoms with E-state index in [4.69, 9.17) is 11.6 Å². The Balaban J connectivity index is 1.60. The zero-order chi connectivity index (χ0) is 20.4. The molecule has 1 aliphatic heterocycles. The lowest BCUT2D eigenvalue weighted by atomic mass is 10.1. The van der Waals surface area contributed by atoms with Crippen LogP contribution in [0.2, 0.25) is 5.02 Å². The average molecular weight is 409 g/mol. The third-order valence-corrected chi connectivity index (χ3v) is 4.42. The van der Waals surface area contributed by atoms with Crippen LogP contribution in [0.5, 0.6) is 5.75 Å². The molecule has 0 atom stereocenters. The number of halogens is 3. The monoisotopic (exact) mass is 408 g/mol. The number of anilines is 1. The van der Waals surface area contributed by atoms with Crippen LogP contribution in [0.3, 0.4) is 0 Å². The minimum absolute atomic E-state index is 0.0858. The largest absolute Gasteiger partial charge is 0.433 e. The van der Waals surface area contributed by atoms with Gasteiger partial charge in [0.15, 0.2) is 0 Å². The van der Waals surface area contributed by atoms with E-state index in [0.29, 0.717) is 11.1 Å². The molecule has 2 aromatic carbocycles. The Morgan fingerprint density at radius 3 is 2.54 bits per heavy atom. The molecule has 1 N–H and O–H groups in total. The number of carbonyl (C=O) groups is 3. The molecule has 1 heterocycles. The molecule has 0 aromatic heterocycles. The van der Waals surface area contributed by atoms with Gasteiger partial charge in [0, 0.05) is 18.7 Å². The van der Waals surface area contributed by atoms with Crippen molar-refractivity contribution in [2.45, 2.75) is 20.0 Å². The van der Waals surface area contributed by atoms with Crippen LogP contribution >= 0.6 is 11.6 Å². The zero-order valence-corrected chi connectivity index (χ0v) is 15.4. The SMILES string of the molecule is Cc1ccc2c(c1)C(=O)N(CCC(=O)Nc1ccc(OC(F)F)c(Cl)c1)C2=O. The molecule has 0 bridgehead atoms. The number of benzene rings is 2. The normalized spacial score (nSPS) is 13.1. The maximum absolute atomic E-state index is 12.4. The van der Waals surface area contributed by atoms with Gasteiger partial charge in [0.1, 0.15) is 5.75 Å².